The van der Waals surface area contributed by atoms with Gasteiger partial charge in [-0.15, -0.1) is 0 Å². The Morgan fingerprint density at radius 2 is 1.43 bits per heavy atom. The largest absolute Gasteiger partial charge is 0.291 e. The molecule has 7 rings (SSSR count). The minimum Gasteiger partial charge on any atom is -0.291 e. The molecule has 5 aliphatic rings. The molecule has 4 bridgehead atoms. The van der Waals surface area contributed by atoms with Crippen molar-refractivity contribution in [2.24, 2.45) is 22.9 Å². The van der Waals surface area contributed by atoms with Crippen molar-refractivity contribution in [3.8, 4) is 0 Å². The van der Waals surface area contributed by atoms with Crippen LogP contribution in [0.15, 0.2) is 47.6 Å². The number of nitrogens with zero attached hydrogens (tertiary/aromatic N) is 3. The van der Waals surface area contributed by atoms with Crippen molar-refractivity contribution in [2.45, 2.75) is 64.8 Å². The Labute approximate surface area is 180 Å². The molecule has 154 valence electrons. The zero-order chi connectivity index (χ0) is 20.5. The van der Waals surface area contributed by atoms with Crippen LogP contribution in [0.4, 0.5) is 5.69 Å². The average Bonchev–Trinajstić information content (AvgIpc) is 3.13. The summed E-state index contributed by atoms with van der Waals surface area (Å²) in [5.74, 6) is 3.70. The summed E-state index contributed by atoms with van der Waals surface area (Å²) in [5.41, 5.74) is 6.46. The molecule has 0 amide bonds. The van der Waals surface area contributed by atoms with Gasteiger partial charge in [-0.2, -0.15) is 5.10 Å². The third-order valence-electron chi connectivity index (χ3n) is 7.95. The molecule has 4 aliphatic carbocycles. The molecule has 1 heterocycles. The van der Waals surface area contributed by atoms with E-state index in [0.29, 0.717) is 0 Å². The van der Waals surface area contributed by atoms with E-state index < -0.39 is 0 Å². The number of hydrogen-bond acceptors (Lipinski definition) is 3. The molecule has 30 heavy (non-hydrogen) atoms. The van der Waals surface area contributed by atoms with Gasteiger partial charge in [0.2, 0.25) is 6.67 Å². The first kappa shape index (κ1) is 18.5. The van der Waals surface area contributed by atoms with E-state index in [-0.39, 0.29) is 5.54 Å². The Morgan fingerprint density at radius 3 is 2.00 bits per heavy atom. The normalized spacial score (nSPS) is 32.1. The first-order chi connectivity index (χ1) is 14.5. The molecule has 2 radical (unpaired) electrons. The van der Waals surface area contributed by atoms with E-state index in [1.54, 1.807) is 0 Å². The van der Waals surface area contributed by atoms with Gasteiger partial charge in [0.1, 0.15) is 0 Å². The van der Waals surface area contributed by atoms with E-state index in [0.717, 1.165) is 29.2 Å². The number of amidine groups is 1. The van der Waals surface area contributed by atoms with E-state index >= 15 is 0 Å². The van der Waals surface area contributed by atoms with Gasteiger partial charge in [-0.3, -0.25) is 9.91 Å². The van der Waals surface area contributed by atoms with Gasteiger partial charge in [0.25, 0.3) is 0 Å². The monoisotopic (exact) mass is 397 g/mol. The Hall–Kier alpha value is -2.29. The second-order valence-corrected chi connectivity index (χ2v) is 10.4. The summed E-state index contributed by atoms with van der Waals surface area (Å²) in [6, 6.07) is 15.2. The Balaban J connectivity index is 1.43. The zero-order valence-electron chi connectivity index (χ0n) is 18.4. The number of hydrazone groups is 1. The highest BCUT2D eigenvalue weighted by molar-refractivity contribution is 6.12. The molecule has 2 aromatic carbocycles. The molecule has 4 saturated carbocycles. The quantitative estimate of drug-likeness (QED) is 0.627. The summed E-state index contributed by atoms with van der Waals surface area (Å²) >= 11 is 0. The zero-order valence-corrected chi connectivity index (χ0v) is 18.4. The highest BCUT2D eigenvalue weighted by Crippen LogP contribution is 2.58. The van der Waals surface area contributed by atoms with Crippen molar-refractivity contribution in [3.05, 3.63) is 71.4 Å². The predicted molar refractivity (Wildman–Crippen MR) is 122 cm³/mol. The van der Waals surface area contributed by atoms with E-state index in [9.17, 15) is 0 Å². The number of aryl methyl sites for hydroxylation is 3. The molecular formula is C27H31N3. The summed E-state index contributed by atoms with van der Waals surface area (Å²) in [6.07, 6.45) is 8.21. The summed E-state index contributed by atoms with van der Waals surface area (Å²) in [5, 5.41) is 7.55. The van der Waals surface area contributed by atoms with Crippen LogP contribution >= 0.6 is 0 Å². The van der Waals surface area contributed by atoms with Gasteiger partial charge in [-0.1, -0.05) is 48.0 Å². The van der Waals surface area contributed by atoms with Crippen molar-refractivity contribution in [2.75, 3.05) is 4.90 Å². The smallest absolute Gasteiger partial charge is 0.233 e. The SMILES string of the molecule is Cc1cc(C)c(N2[C]N(C34CC5CC(CC(C5)C3)C4)N=C2c2ccccc2)c(C)c1. The van der Waals surface area contributed by atoms with Crippen LogP contribution in [0.3, 0.4) is 0 Å². The molecule has 0 unspecified atom stereocenters. The Bertz CT molecular complexity index is 948. The molecule has 0 N–H and O–H groups in total. The third kappa shape index (κ3) is 2.81. The van der Waals surface area contributed by atoms with Crippen LogP contribution in [0.25, 0.3) is 0 Å². The molecule has 0 atom stereocenters. The topological polar surface area (TPSA) is 18.8 Å². The summed E-state index contributed by atoms with van der Waals surface area (Å²) in [4.78, 5) is 2.25. The maximum Gasteiger partial charge on any atom is 0.233 e. The van der Waals surface area contributed by atoms with E-state index in [1.807, 2.05) is 0 Å². The molecule has 3 nitrogen and oxygen atoms in total. The first-order valence-electron chi connectivity index (χ1n) is 11.6. The molecule has 4 fully saturated rings. The van der Waals surface area contributed by atoms with Crippen LogP contribution in [-0.2, 0) is 0 Å². The summed E-state index contributed by atoms with van der Waals surface area (Å²) in [7, 11) is 0. The lowest BCUT2D eigenvalue weighted by Gasteiger charge is -2.58. The highest BCUT2D eigenvalue weighted by atomic mass is 15.6. The van der Waals surface area contributed by atoms with Crippen molar-refractivity contribution in [1.82, 2.24) is 5.01 Å². The van der Waals surface area contributed by atoms with Crippen molar-refractivity contribution >= 4 is 11.5 Å². The lowest BCUT2D eigenvalue weighted by molar-refractivity contribution is -0.0747. The summed E-state index contributed by atoms with van der Waals surface area (Å²) in [6.45, 7) is 10.4. The molecule has 0 aromatic heterocycles. The number of anilines is 1. The van der Waals surface area contributed by atoms with E-state index in [4.69, 9.17) is 5.10 Å². The molecule has 2 aromatic rings. The van der Waals surface area contributed by atoms with Crippen molar-refractivity contribution < 1.29 is 0 Å². The highest BCUT2D eigenvalue weighted by Gasteiger charge is 2.55. The standard InChI is InChI=1S/C27H31N3/c1-18-9-19(2)25(20(3)10-18)29-17-30(28-26(29)24-7-5-4-6-8-24)27-14-21-11-22(15-27)13-23(12-21)16-27/h4-10,21-23H,11-16H2,1-3H3. The fraction of sp³-hybridized carbons (Fsp3) is 0.481. The molecule has 0 spiro atoms. The number of rotatable bonds is 3. The number of benzene rings is 2. The molecule has 1 aliphatic heterocycles. The van der Waals surface area contributed by atoms with Gasteiger partial charge >= 0.3 is 0 Å². The van der Waals surface area contributed by atoms with Crippen LogP contribution in [0.5, 0.6) is 0 Å². The third-order valence-corrected chi connectivity index (χ3v) is 7.95. The minimum atomic E-state index is 0.177. The molecule has 0 saturated heterocycles. The fourth-order valence-electron chi connectivity index (χ4n) is 7.30. The van der Waals surface area contributed by atoms with Crippen molar-refractivity contribution in [1.29, 1.82) is 0 Å². The Morgan fingerprint density at radius 1 is 0.867 bits per heavy atom. The summed E-state index contributed by atoms with van der Waals surface area (Å²) < 4.78 is 0. The van der Waals surface area contributed by atoms with Crippen LogP contribution in [0, 0.1) is 45.2 Å². The maximum atomic E-state index is 5.28. The second-order valence-electron chi connectivity index (χ2n) is 10.4. The van der Waals surface area contributed by atoms with Gasteiger partial charge in [0.05, 0.1) is 11.2 Å². The van der Waals surface area contributed by atoms with Crippen LogP contribution < -0.4 is 4.90 Å². The fourth-order valence-corrected chi connectivity index (χ4v) is 7.30. The van der Waals surface area contributed by atoms with E-state index in [1.165, 1.54) is 60.9 Å². The van der Waals surface area contributed by atoms with Gasteiger partial charge in [0, 0.05) is 5.56 Å². The van der Waals surface area contributed by atoms with Gasteiger partial charge in [0.15, 0.2) is 5.84 Å². The second kappa shape index (κ2) is 6.60. The Kier molecular flexibility index (Phi) is 4.07. The molecule has 3 heteroatoms. The molecular weight excluding hydrogens is 366 g/mol. The van der Waals surface area contributed by atoms with Crippen LogP contribution in [-0.4, -0.2) is 16.4 Å². The minimum absolute atomic E-state index is 0.177. The van der Waals surface area contributed by atoms with E-state index in [2.05, 4.69) is 79.8 Å². The average molecular weight is 398 g/mol. The van der Waals surface area contributed by atoms with Gasteiger partial charge in [-0.25, -0.2) is 0 Å². The lowest BCUT2D eigenvalue weighted by atomic mass is 9.53. The van der Waals surface area contributed by atoms with Crippen molar-refractivity contribution in [3.63, 3.8) is 0 Å². The van der Waals surface area contributed by atoms with Gasteiger partial charge < -0.3 is 0 Å². The van der Waals surface area contributed by atoms with Gasteiger partial charge in [-0.05, 0) is 88.2 Å². The number of hydrogen-bond donors (Lipinski definition) is 0. The van der Waals surface area contributed by atoms with Crippen LogP contribution in [0.1, 0.15) is 60.8 Å². The van der Waals surface area contributed by atoms with Crippen LogP contribution in [0.2, 0.25) is 0 Å². The predicted octanol–water partition coefficient (Wildman–Crippen LogP) is 6.06. The lowest BCUT2D eigenvalue weighted by Crippen LogP contribution is -2.57. The maximum absolute atomic E-state index is 5.28. The first-order valence-corrected chi connectivity index (χ1v) is 11.6.